The molecule has 0 unspecified atom stereocenters. The number of hydrogen-bond donors (Lipinski definition) is 2. The van der Waals surface area contributed by atoms with Gasteiger partial charge in [-0.1, -0.05) is 30.0 Å². The van der Waals surface area contributed by atoms with Crippen LogP contribution in [0, 0.1) is 0 Å². The summed E-state index contributed by atoms with van der Waals surface area (Å²) in [6, 6.07) is 22.1. The molecular weight excluding hydrogens is 478 g/mol. The Kier molecular flexibility index (Phi) is 7.86. The summed E-state index contributed by atoms with van der Waals surface area (Å²) in [6.07, 6.45) is 0. The molecule has 0 atom stereocenters. The number of aromatic hydroxyl groups is 1. The molecule has 36 heavy (non-hydrogen) atoms. The summed E-state index contributed by atoms with van der Waals surface area (Å²) in [6.45, 7) is 1.76. The summed E-state index contributed by atoms with van der Waals surface area (Å²) >= 11 is 1.26. The molecular formula is C26H25N5O4S. The fraction of sp³-hybridized carbons (Fsp3) is 0.154. The minimum atomic E-state index is -0.293. The van der Waals surface area contributed by atoms with Crippen LogP contribution in [0.15, 0.2) is 83.1 Å². The maximum Gasteiger partial charge on any atom is 0.250 e. The average molecular weight is 504 g/mol. The van der Waals surface area contributed by atoms with Crippen molar-refractivity contribution in [1.29, 1.82) is 0 Å². The summed E-state index contributed by atoms with van der Waals surface area (Å²) in [5.74, 6) is 1.56. The number of thioether (sulfide) groups is 1. The highest BCUT2D eigenvalue weighted by Crippen LogP contribution is 2.29. The van der Waals surface area contributed by atoms with Crippen molar-refractivity contribution in [2.75, 3.05) is 20.0 Å². The number of phenolic OH excluding ortho intramolecular Hbond substituents is 1. The highest BCUT2D eigenvalue weighted by molar-refractivity contribution is 7.99. The first-order valence-electron chi connectivity index (χ1n) is 11.0. The van der Waals surface area contributed by atoms with Crippen LogP contribution in [-0.4, -0.2) is 51.5 Å². The number of phenols is 1. The molecule has 0 bridgehead atoms. The molecule has 4 aromatic rings. The molecule has 1 heterocycles. The Balaban J connectivity index is 1.50. The zero-order valence-electron chi connectivity index (χ0n) is 20.0. The molecule has 0 fully saturated rings. The number of hydrazone groups is 1. The van der Waals surface area contributed by atoms with Crippen LogP contribution >= 0.6 is 11.8 Å². The van der Waals surface area contributed by atoms with E-state index in [2.05, 4.69) is 20.7 Å². The summed E-state index contributed by atoms with van der Waals surface area (Å²) < 4.78 is 12.3. The second kappa shape index (κ2) is 11.4. The Morgan fingerprint density at radius 1 is 1.03 bits per heavy atom. The summed E-state index contributed by atoms with van der Waals surface area (Å²) in [5, 5.41) is 23.2. The third-order valence-corrected chi connectivity index (χ3v) is 6.20. The van der Waals surface area contributed by atoms with Crippen molar-refractivity contribution in [1.82, 2.24) is 20.2 Å². The van der Waals surface area contributed by atoms with E-state index in [4.69, 9.17) is 9.47 Å². The van der Waals surface area contributed by atoms with E-state index in [1.807, 2.05) is 59.2 Å². The SMILES string of the molecule is COc1ccc(-c2nnc(SCC(=O)N/N=C(\C)c3ccc(O)c(OC)c3)n2-c2ccccc2)cc1. The normalized spacial score (nSPS) is 11.2. The number of benzene rings is 3. The molecule has 4 rings (SSSR count). The fourth-order valence-corrected chi connectivity index (χ4v) is 4.12. The van der Waals surface area contributed by atoms with Gasteiger partial charge < -0.3 is 14.6 Å². The van der Waals surface area contributed by atoms with Crippen molar-refractivity contribution in [2.24, 2.45) is 5.10 Å². The topological polar surface area (TPSA) is 111 Å². The Bertz CT molecular complexity index is 1370. The Morgan fingerprint density at radius 2 is 1.78 bits per heavy atom. The lowest BCUT2D eigenvalue weighted by atomic mass is 10.1. The van der Waals surface area contributed by atoms with Crippen LogP contribution < -0.4 is 14.9 Å². The number of aromatic nitrogens is 3. The van der Waals surface area contributed by atoms with E-state index in [1.165, 1.54) is 24.9 Å². The minimum Gasteiger partial charge on any atom is -0.504 e. The van der Waals surface area contributed by atoms with Crippen LogP contribution in [-0.2, 0) is 4.79 Å². The van der Waals surface area contributed by atoms with Crippen molar-refractivity contribution < 1.29 is 19.4 Å². The lowest BCUT2D eigenvalue weighted by Crippen LogP contribution is -2.21. The van der Waals surface area contributed by atoms with E-state index in [-0.39, 0.29) is 17.4 Å². The lowest BCUT2D eigenvalue weighted by Gasteiger charge is -2.10. The van der Waals surface area contributed by atoms with E-state index >= 15 is 0 Å². The van der Waals surface area contributed by atoms with Gasteiger partial charge in [0.25, 0.3) is 5.91 Å². The Morgan fingerprint density at radius 3 is 2.47 bits per heavy atom. The van der Waals surface area contributed by atoms with Gasteiger partial charge in [0.05, 0.1) is 25.7 Å². The predicted molar refractivity (Wildman–Crippen MR) is 139 cm³/mol. The second-order valence-corrected chi connectivity index (χ2v) is 8.56. The number of nitrogens with one attached hydrogen (secondary N) is 1. The number of carbonyl (C=O) groups excluding carboxylic acids is 1. The van der Waals surface area contributed by atoms with Crippen LogP contribution in [0.5, 0.6) is 17.2 Å². The van der Waals surface area contributed by atoms with Gasteiger partial charge in [0.1, 0.15) is 5.75 Å². The Labute approximate surface area is 212 Å². The van der Waals surface area contributed by atoms with Gasteiger partial charge in [-0.15, -0.1) is 10.2 Å². The summed E-state index contributed by atoms with van der Waals surface area (Å²) in [4.78, 5) is 12.5. The largest absolute Gasteiger partial charge is 0.504 e. The number of methoxy groups -OCH3 is 2. The third kappa shape index (κ3) is 5.66. The van der Waals surface area contributed by atoms with Gasteiger partial charge >= 0.3 is 0 Å². The van der Waals surface area contributed by atoms with Crippen LogP contribution in [0.2, 0.25) is 0 Å². The van der Waals surface area contributed by atoms with E-state index in [0.29, 0.717) is 28.0 Å². The maximum atomic E-state index is 12.5. The molecule has 2 N–H and O–H groups in total. The molecule has 184 valence electrons. The molecule has 9 nitrogen and oxygen atoms in total. The number of nitrogens with zero attached hydrogens (tertiary/aromatic N) is 4. The number of rotatable bonds is 9. The van der Waals surface area contributed by atoms with Gasteiger partial charge in [0.15, 0.2) is 22.5 Å². The zero-order valence-corrected chi connectivity index (χ0v) is 20.8. The maximum absolute atomic E-state index is 12.5. The first-order valence-corrected chi connectivity index (χ1v) is 12.0. The molecule has 0 aliphatic rings. The summed E-state index contributed by atoms with van der Waals surface area (Å²) in [7, 11) is 3.09. The van der Waals surface area contributed by atoms with Crippen molar-refractivity contribution in [3.8, 4) is 34.3 Å². The van der Waals surface area contributed by atoms with E-state index in [9.17, 15) is 9.90 Å². The quantitative estimate of drug-likeness (QED) is 0.199. The highest BCUT2D eigenvalue weighted by atomic mass is 32.2. The van der Waals surface area contributed by atoms with Crippen molar-refractivity contribution in [3.05, 3.63) is 78.4 Å². The van der Waals surface area contributed by atoms with E-state index < -0.39 is 0 Å². The number of carbonyl (C=O) groups is 1. The molecule has 1 aromatic heterocycles. The molecule has 0 spiro atoms. The molecule has 0 saturated carbocycles. The smallest absolute Gasteiger partial charge is 0.250 e. The second-order valence-electron chi connectivity index (χ2n) is 7.61. The van der Waals surface area contributed by atoms with Crippen molar-refractivity contribution in [2.45, 2.75) is 12.1 Å². The standard InChI is InChI=1S/C26H25N5O4S/c1-17(19-11-14-22(32)23(15-19)35-3)27-28-24(33)16-36-26-30-29-25(18-9-12-21(34-2)13-10-18)31(26)20-7-5-4-6-8-20/h4-15,32H,16H2,1-3H3,(H,28,33)/b27-17+. The van der Waals surface area contributed by atoms with Gasteiger partial charge in [0, 0.05) is 16.8 Å². The van der Waals surface area contributed by atoms with E-state index in [1.54, 1.807) is 26.2 Å². The van der Waals surface area contributed by atoms with Gasteiger partial charge in [-0.25, -0.2) is 5.43 Å². The van der Waals surface area contributed by atoms with Crippen LogP contribution in [0.25, 0.3) is 17.1 Å². The van der Waals surface area contributed by atoms with Gasteiger partial charge in [-0.2, -0.15) is 5.10 Å². The molecule has 0 aliphatic carbocycles. The molecule has 0 aliphatic heterocycles. The van der Waals surface area contributed by atoms with Crippen molar-refractivity contribution >= 4 is 23.4 Å². The van der Waals surface area contributed by atoms with Gasteiger partial charge in [0.2, 0.25) is 0 Å². The van der Waals surface area contributed by atoms with Gasteiger partial charge in [-0.3, -0.25) is 9.36 Å². The minimum absolute atomic E-state index is 0.0334. The van der Waals surface area contributed by atoms with E-state index in [0.717, 1.165) is 17.0 Å². The molecule has 1 amide bonds. The highest BCUT2D eigenvalue weighted by Gasteiger charge is 2.17. The first-order chi connectivity index (χ1) is 17.5. The molecule has 3 aromatic carbocycles. The number of para-hydroxylation sites is 1. The van der Waals surface area contributed by atoms with Crippen LogP contribution in [0.1, 0.15) is 12.5 Å². The third-order valence-electron chi connectivity index (χ3n) is 5.27. The molecule has 10 heteroatoms. The zero-order chi connectivity index (χ0) is 25.5. The van der Waals surface area contributed by atoms with Gasteiger partial charge in [-0.05, 0) is 61.5 Å². The molecule has 0 radical (unpaired) electrons. The number of amides is 1. The summed E-state index contributed by atoms with van der Waals surface area (Å²) in [5.41, 5.74) is 5.60. The van der Waals surface area contributed by atoms with Crippen LogP contribution in [0.3, 0.4) is 0 Å². The first kappa shape index (κ1) is 24.8. The number of ether oxygens (including phenoxy) is 2. The molecule has 0 saturated heterocycles. The number of hydrogen-bond acceptors (Lipinski definition) is 8. The monoisotopic (exact) mass is 503 g/mol. The van der Waals surface area contributed by atoms with Crippen molar-refractivity contribution in [3.63, 3.8) is 0 Å². The van der Waals surface area contributed by atoms with Crippen LogP contribution in [0.4, 0.5) is 0 Å². The fourth-order valence-electron chi connectivity index (χ4n) is 3.38. The predicted octanol–water partition coefficient (Wildman–Crippen LogP) is 4.29. The lowest BCUT2D eigenvalue weighted by molar-refractivity contribution is -0.118. The Hall–Kier alpha value is -4.31. The average Bonchev–Trinajstić information content (AvgIpc) is 3.35.